The van der Waals surface area contributed by atoms with Crippen molar-refractivity contribution in [1.82, 2.24) is 4.90 Å². The van der Waals surface area contributed by atoms with Gasteiger partial charge < -0.3 is 5.73 Å². The molecule has 1 saturated heterocycles. The summed E-state index contributed by atoms with van der Waals surface area (Å²) in [4.78, 5) is 2.55. The summed E-state index contributed by atoms with van der Waals surface area (Å²) in [6, 6.07) is 6.71. The number of nitrogens with zero attached hydrogens (tertiary/aromatic N) is 1. The van der Waals surface area contributed by atoms with Crippen LogP contribution in [0.1, 0.15) is 32.3 Å². The van der Waals surface area contributed by atoms with Crippen LogP contribution in [0.3, 0.4) is 0 Å². The first-order chi connectivity index (χ1) is 8.08. The summed E-state index contributed by atoms with van der Waals surface area (Å²) in [5.41, 5.74) is 8.19. The van der Waals surface area contributed by atoms with Gasteiger partial charge in [0.15, 0.2) is 0 Å². The van der Waals surface area contributed by atoms with Gasteiger partial charge in [-0.05, 0) is 37.8 Å². The Hall–Kier alpha value is -0.540. The van der Waals surface area contributed by atoms with Crippen LogP contribution in [0.4, 0.5) is 5.69 Å². The summed E-state index contributed by atoms with van der Waals surface area (Å²) in [5, 5.41) is 0. The quantitative estimate of drug-likeness (QED) is 0.844. The molecule has 0 bridgehead atoms. The van der Waals surface area contributed by atoms with E-state index in [4.69, 9.17) is 5.73 Å². The Balaban J connectivity index is 2.14. The first-order valence-corrected chi connectivity index (χ1v) is 7.14. The van der Waals surface area contributed by atoms with Crippen LogP contribution >= 0.6 is 15.9 Å². The summed E-state index contributed by atoms with van der Waals surface area (Å²) in [7, 11) is 0. The third kappa shape index (κ3) is 3.02. The van der Waals surface area contributed by atoms with Gasteiger partial charge in [0.05, 0.1) is 0 Å². The van der Waals surface area contributed by atoms with E-state index in [9.17, 15) is 0 Å². The molecule has 2 atom stereocenters. The van der Waals surface area contributed by atoms with Crippen molar-refractivity contribution >= 4 is 21.6 Å². The van der Waals surface area contributed by atoms with E-state index in [1.165, 1.54) is 24.9 Å². The SMILES string of the molecule is CC1CCC(C)N(Cc2c(N)cccc2Br)C1. The van der Waals surface area contributed by atoms with E-state index in [-0.39, 0.29) is 0 Å². The van der Waals surface area contributed by atoms with Crippen molar-refractivity contribution in [2.24, 2.45) is 5.92 Å². The van der Waals surface area contributed by atoms with Crippen LogP contribution in [0.2, 0.25) is 0 Å². The lowest BCUT2D eigenvalue weighted by Crippen LogP contribution is -2.40. The largest absolute Gasteiger partial charge is 0.398 e. The first kappa shape index (κ1) is 12.9. The Bertz CT molecular complexity index is 372. The number of hydrogen-bond acceptors (Lipinski definition) is 2. The highest BCUT2D eigenvalue weighted by Crippen LogP contribution is 2.28. The van der Waals surface area contributed by atoms with Crippen molar-refractivity contribution in [3.63, 3.8) is 0 Å². The van der Waals surface area contributed by atoms with Gasteiger partial charge in [-0.1, -0.05) is 28.9 Å². The second kappa shape index (κ2) is 5.40. The average Bonchev–Trinajstić information content (AvgIpc) is 2.28. The van der Waals surface area contributed by atoms with Crippen LogP contribution in [-0.2, 0) is 6.54 Å². The second-order valence-electron chi connectivity index (χ2n) is 5.27. The van der Waals surface area contributed by atoms with E-state index >= 15 is 0 Å². The maximum Gasteiger partial charge on any atom is 0.0371 e. The molecule has 1 heterocycles. The molecule has 0 radical (unpaired) electrons. The van der Waals surface area contributed by atoms with E-state index in [1.54, 1.807) is 0 Å². The third-order valence-corrected chi connectivity index (χ3v) is 4.51. The molecule has 0 aliphatic carbocycles. The molecule has 17 heavy (non-hydrogen) atoms. The molecular formula is C14H21BrN2. The summed E-state index contributed by atoms with van der Waals surface area (Å²) >= 11 is 3.60. The van der Waals surface area contributed by atoms with Crippen LogP contribution in [0.15, 0.2) is 22.7 Å². The molecule has 2 rings (SSSR count). The molecule has 94 valence electrons. The normalized spacial score (nSPS) is 26.1. The predicted molar refractivity (Wildman–Crippen MR) is 76.8 cm³/mol. The predicted octanol–water partition coefficient (Wildman–Crippen LogP) is 3.65. The fourth-order valence-electron chi connectivity index (χ4n) is 2.55. The summed E-state index contributed by atoms with van der Waals surface area (Å²) < 4.78 is 1.13. The average molecular weight is 297 g/mol. The zero-order valence-corrected chi connectivity index (χ0v) is 12.2. The van der Waals surface area contributed by atoms with E-state index in [2.05, 4.69) is 40.7 Å². The van der Waals surface area contributed by atoms with Crippen LogP contribution in [-0.4, -0.2) is 17.5 Å². The van der Waals surface area contributed by atoms with Gasteiger partial charge in [0.1, 0.15) is 0 Å². The Morgan fingerprint density at radius 3 is 2.82 bits per heavy atom. The standard InChI is InChI=1S/C14H21BrN2/c1-10-6-7-11(2)17(8-10)9-12-13(15)4-3-5-14(12)16/h3-5,10-11H,6-9,16H2,1-2H3. The number of anilines is 1. The van der Waals surface area contributed by atoms with Gasteiger partial charge in [0.2, 0.25) is 0 Å². The number of nitrogen functional groups attached to an aromatic ring is 1. The zero-order chi connectivity index (χ0) is 12.4. The monoisotopic (exact) mass is 296 g/mol. The molecule has 2 unspecified atom stereocenters. The van der Waals surface area contributed by atoms with Crippen molar-refractivity contribution in [3.05, 3.63) is 28.2 Å². The molecule has 0 aromatic heterocycles. The molecule has 1 fully saturated rings. The molecule has 0 spiro atoms. The maximum absolute atomic E-state index is 6.06. The van der Waals surface area contributed by atoms with Crippen molar-refractivity contribution < 1.29 is 0 Å². The van der Waals surface area contributed by atoms with Gasteiger partial charge in [-0.3, -0.25) is 4.90 Å². The van der Waals surface area contributed by atoms with Crippen LogP contribution in [0, 0.1) is 5.92 Å². The highest BCUT2D eigenvalue weighted by Gasteiger charge is 2.23. The van der Waals surface area contributed by atoms with Gasteiger partial charge >= 0.3 is 0 Å². The van der Waals surface area contributed by atoms with Crippen LogP contribution in [0.25, 0.3) is 0 Å². The van der Waals surface area contributed by atoms with Crippen molar-refractivity contribution in [2.45, 2.75) is 39.3 Å². The molecule has 1 aliphatic rings. The number of halogens is 1. The fraction of sp³-hybridized carbons (Fsp3) is 0.571. The summed E-state index contributed by atoms with van der Waals surface area (Å²) in [6.45, 7) is 6.79. The summed E-state index contributed by atoms with van der Waals surface area (Å²) in [6.07, 6.45) is 2.65. The topological polar surface area (TPSA) is 29.3 Å². The lowest BCUT2D eigenvalue weighted by Gasteiger charge is -2.37. The minimum Gasteiger partial charge on any atom is -0.398 e. The third-order valence-electron chi connectivity index (χ3n) is 3.76. The van der Waals surface area contributed by atoms with E-state index in [0.29, 0.717) is 6.04 Å². The molecule has 3 heteroatoms. The Morgan fingerprint density at radius 1 is 1.35 bits per heavy atom. The van der Waals surface area contributed by atoms with E-state index < -0.39 is 0 Å². The molecule has 1 aliphatic heterocycles. The summed E-state index contributed by atoms with van der Waals surface area (Å²) in [5.74, 6) is 0.801. The maximum atomic E-state index is 6.06. The lowest BCUT2D eigenvalue weighted by molar-refractivity contribution is 0.117. The minimum atomic E-state index is 0.665. The second-order valence-corrected chi connectivity index (χ2v) is 6.12. The highest BCUT2D eigenvalue weighted by molar-refractivity contribution is 9.10. The Labute approximate surface area is 112 Å². The molecule has 1 aromatic carbocycles. The Morgan fingerprint density at radius 2 is 2.12 bits per heavy atom. The number of nitrogens with two attached hydrogens (primary N) is 1. The van der Waals surface area contributed by atoms with Crippen LogP contribution < -0.4 is 5.73 Å². The molecule has 2 nitrogen and oxygen atoms in total. The highest BCUT2D eigenvalue weighted by atomic mass is 79.9. The molecule has 0 saturated carbocycles. The minimum absolute atomic E-state index is 0.665. The number of rotatable bonds is 2. The number of likely N-dealkylation sites (tertiary alicyclic amines) is 1. The van der Waals surface area contributed by atoms with Crippen LogP contribution in [0.5, 0.6) is 0 Å². The lowest BCUT2D eigenvalue weighted by atomic mass is 9.94. The van der Waals surface area contributed by atoms with Gasteiger partial charge in [0.25, 0.3) is 0 Å². The molecule has 1 aromatic rings. The van der Waals surface area contributed by atoms with E-state index in [1.807, 2.05) is 12.1 Å². The number of piperidine rings is 1. The number of hydrogen-bond donors (Lipinski definition) is 1. The first-order valence-electron chi connectivity index (χ1n) is 6.35. The van der Waals surface area contributed by atoms with Crippen molar-refractivity contribution in [3.8, 4) is 0 Å². The van der Waals surface area contributed by atoms with Crippen molar-refractivity contribution in [2.75, 3.05) is 12.3 Å². The fourth-order valence-corrected chi connectivity index (χ4v) is 3.05. The van der Waals surface area contributed by atoms with Gasteiger partial charge in [0, 0.05) is 34.9 Å². The van der Waals surface area contributed by atoms with E-state index in [0.717, 1.165) is 22.6 Å². The van der Waals surface area contributed by atoms with Gasteiger partial charge in [-0.15, -0.1) is 0 Å². The zero-order valence-electron chi connectivity index (χ0n) is 10.6. The Kier molecular flexibility index (Phi) is 4.10. The molecule has 2 N–H and O–H groups in total. The number of benzene rings is 1. The van der Waals surface area contributed by atoms with Crippen molar-refractivity contribution in [1.29, 1.82) is 0 Å². The molecular weight excluding hydrogens is 276 g/mol. The van der Waals surface area contributed by atoms with Gasteiger partial charge in [-0.2, -0.15) is 0 Å². The smallest absolute Gasteiger partial charge is 0.0371 e. The van der Waals surface area contributed by atoms with Gasteiger partial charge in [-0.25, -0.2) is 0 Å². The molecule has 0 amide bonds.